The molecule has 28 heavy (non-hydrogen) atoms. The van der Waals surface area contributed by atoms with Crippen molar-refractivity contribution in [2.75, 3.05) is 6.61 Å². The quantitative estimate of drug-likeness (QED) is 0.497. The van der Waals surface area contributed by atoms with Crippen molar-refractivity contribution in [3.8, 4) is 17.3 Å². The largest absolute Gasteiger partial charge is 0.494 e. The molecular formula is C20H19ClN4O3. The van der Waals surface area contributed by atoms with E-state index in [1.807, 2.05) is 18.2 Å². The van der Waals surface area contributed by atoms with Gasteiger partial charge in [0.2, 0.25) is 0 Å². The van der Waals surface area contributed by atoms with E-state index in [2.05, 4.69) is 19.9 Å². The molecule has 0 radical (unpaired) electrons. The number of aromatic amines is 1. The van der Waals surface area contributed by atoms with Gasteiger partial charge in [0.15, 0.2) is 11.7 Å². The molecule has 7 nitrogen and oxygen atoms in total. The van der Waals surface area contributed by atoms with Crippen LogP contribution in [-0.4, -0.2) is 26.5 Å². The van der Waals surface area contributed by atoms with Crippen molar-refractivity contribution in [1.29, 1.82) is 0 Å². The summed E-state index contributed by atoms with van der Waals surface area (Å²) in [7, 11) is 0. The zero-order chi connectivity index (χ0) is 18.6. The number of halogens is 1. The number of aromatic nitrogens is 4. The number of hydrogen-bond donors (Lipinski definition) is 1. The van der Waals surface area contributed by atoms with Crippen LogP contribution in [0, 0.1) is 6.92 Å². The Balaban J connectivity index is 0.00000225. The minimum atomic E-state index is -0.238. The molecule has 0 aliphatic heterocycles. The van der Waals surface area contributed by atoms with Gasteiger partial charge in [-0.2, -0.15) is 0 Å². The predicted octanol–water partition coefficient (Wildman–Crippen LogP) is 3.71. The molecule has 1 N–H and O–H groups in total. The highest BCUT2D eigenvalue weighted by molar-refractivity contribution is 5.85. The van der Waals surface area contributed by atoms with Gasteiger partial charge in [-0.25, -0.2) is 9.97 Å². The highest BCUT2D eigenvalue weighted by Gasteiger charge is 2.10. The molecule has 3 heterocycles. The van der Waals surface area contributed by atoms with E-state index in [0.717, 1.165) is 12.8 Å². The molecule has 0 bridgehead atoms. The van der Waals surface area contributed by atoms with E-state index in [1.54, 1.807) is 31.5 Å². The molecule has 0 atom stereocenters. The van der Waals surface area contributed by atoms with Gasteiger partial charge in [0.05, 0.1) is 17.5 Å². The molecular weight excluding hydrogens is 380 g/mol. The lowest BCUT2D eigenvalue weighted by molar-refractivity contribution is 0.311. The van der Waals surface area contributed by atoms with E-state index < -0.39 is 0 Å². The maximum Gasteiger partial charge on any atom is 0.259 e. The fourth-order valence-electron chi connectivity index (χ4n) is 2.82. The SMILES string of the molecule is Cc1nc(-c2nc3ccc(OCCCc4ccncc4)cc3c(=O)[nH]2)co1.Cl. The van der Waals surface area contributed by atoms with Crippen LogP contribution in [0.2, 0.25) is 0 Å². The highest BCUT2D eigenvalue weighted by atomic mass is 35.5. The van der Waals surface area contributed by atoms with Gasteiger partial charge in [0.25, 0.3) is 5.56 Å². The normalized spacial score (nSPS) is 10.6. The number of H-pyrrole nitrogens is 1. The standard InChI is InChI=1S/C20H18N4O3.ClH/c1-13-22-18(12-27-13)19-23-17-5-4-15(11-16(17)20(25)24-19)26-10-2-3-14-6-8-21-9-7-14;/h4-9,11-12H,2-3,10H2,1H3,(H,23,24,25);1H. The van der Waals surface area contributed by atoms with Crippen LogP contribution in [0.25, 0.3) is 22.4 Å². The molecule has 144 valence electrons. The molecule has 4 aromatic rings. The Morgan fingerprint density at radius 3 is 2.71 bits per heavy atom. The van der Waals surface area contributed by atoms with Crippen LogP contribution in [0.1, 0.15) is 17.9 Å². The summed E-state index contributed by atoms with van der Waals surface area (Å²) in [5.41, 5.74) is 2.07. The summed E-state index contributed by atoms with van der Waals surface area (Å²) in [5, 5.41) is 0.477. The topological polar surface area (TPSA) is 93.9 Å². The number of nitrogens with one attached hydrogen (secondary N) is 1. The summed E-state index contributed by atoms with van der Waals surface area (Å²) < 4.78 is 11.0. The molecule has 1 aromatic carbocycles. The second-order valence-corrected chi connectivity index (χ2v) is 6.15. The van der Waals surface area contributed by atoms with Gasteiger partial charge < -0.3 is 14.1 Å². The summed E-state index contributed by atoms with van der Waals surface area (Å²) >= 11 is 0. The van der Waals surface area contributed by atoms with E-state index in [-0.39, 0.29) is 18.0 Å². The molecule has 0 fully saturated rings. The van der Waals surface area contributed by atoms with Crippen molar-refractivity contribution in [3.05, 3.63) is 70.8 Å². The number of hydrogen-bond acceptors (Lipinski definition) is 6. The van der Waals surface area contributed by atoms with Crippen LogP contribution >= 0.6 is 12.4 Å². The first-order chi connectivity index (χ1) is 13.2. The average Bonchev–Trinajstić information content (AvgIpc) is 3.13. The first-order valence-corrected chi connectivity index (χ1v) is 8.67. The number of nitrogens with zero attached hydrogens (tertiary/aromatic N) is 3. The van der Waals surface area contributed by atoms with Crippen LogP contribution in [0.4, 0.5) is 0 Å². The minimum Gasteiger partial charge on any atom is -0.494 e. The van der Waals surface area contributed by atoms with E-state index in [0.29, 0.717) is 40.7 Å². The Hall–Kier alpha value is -3.19. The fourth-order valence-corrected chi connectivity index (χ4v) is 2.82. The summed E-state index contributed by atoms with van der Waals surface area (Å²) in [5.74, 6) is 1.55. The second kappa shape index (κ2) is 8.67. The second-order valence-electron chi connectivity index (χ2n) is 6.15. The highest BCUT2D eigenvalue weighted by Crippen LogP contribution is 2.20. The number of rotatable bonds is 6. The monoisotopic (exact) mass is 398 g/mol. The van der Waals surface area contributed by atoms with Crippen molar-refractivity contribution in [1.82, 2.24) is 19.9 Å². The van der Waals surface area contributed by atoms with Crippen LogP contribution in [-0.2, 0) is 6.42 Å². The number of ether oxygens (including phenoxy) is 1. The molecule has 0 amide bonds. The number of oxazole rings is 1. The number of fused-ring (bicyclic) bond motifs is 1. The molecule has 3 aromatic heterocycles. The van der Waals surface area contributed by atoms with Gasteiger partial charge in [-0.05, 0) is 48.7 Å². The number of aryl methyl sites for hydroxylation is 2. The fraction of sp³-hybridized carbons (Fsp3) is 0.200. The van der Waals surface area contributed by atoms with E-state index in [9.17, 15) is 4.79 Å². The van der Waals surface area contributed by atoms with E-state index in [1.165, 1.54) is 11.8 Å². The first kappa shape index (κ1) is 19.6. The maximum atomic E-state index is 12.4. The molecule has 8 heteroatoms. The van der Waals surface area contributed by atoms with Crippen molar-refractivity contribution < 1.29 is 9.15 Å². The third-order valence-corrected chi connectivity index (χ3v) is 4.17. The van der Waals surface area contributed by atoms with Gasteiger partial charge in [-0.3, -0.25) is 9.78 Å². The van der Waals surface area contributed by atoms with Crippen LogP contribution in [0.15, 0.2) is 58.2 Å². The van der Waals surface area contributed by atoms with E-state index in [4.69, 9.17) is 9.15 Å². The predicted molar refractivity (Wildman–Crippen MR) is 108 cm³/mol. The molecule has 0 spiro atoms. The summed E-state index contributed by atoms with van der Waals surface area (Å²) in [6.45, 7) is 2.30. The summed E-state index contributed by atoms with van der Waals surface area (Å²) in [6.07, 6.45) is 6.83. The van der Waals surface area contributed by atoms with Crippen molar-refractivity contribution in [2.24, 2.45) is 0 Å². The van der Waals surface area contributed by atoms with Crippen LogP contribution in [0.3, 0.4) is 0 Å². The lowest BCUT2D eigenvalue weighted by Crippen LogP contribution is -2.10. The minimum absolute atomic E-state index is 0. The molecule has 4 rings (SSSR count). The van der Waals surface area contributed by atoms with Gasteiger partial charge in [0, 0.05) is 19.3 Å². The Labute approximate surface area is 167 Å². The Morgan fingerprint density at radius 1 is 1.14 bits per heavy atom. The lowest BCUT2D eigenvalue weighted by atomic mass is 10.1. The Bertz CT molecular complexity index is 1130. The van der Waals surface area contributed by atoms with Crippen molar-refractivity contribution in [2.45, 2.75) is 19.8 Å². The van der Waals surface area contributed by atoms with Gasteiger partial charge >= 0.3 is 0 Å². The molecule has 0 saturated carbocycles. The zero-order valence-electron chi connectivity index (χ0n) is 15.2. The van der Waals surface area contributed by atoms with Crippen LogP contribution < -0.4 is 10.3 Å². The lowest BCUT2D eigenvalue weighted by Gasteiger charge is -2.07. The Kier molecular flexibility index (Phi) is 6.06. The molecule has 0 unspecified atom stereocenters. The third-order valence-electron chi connectivity index (χ3n) is 4.17. The molecule has 0 aliphatic carbocycles. The van der Waals surface area contributed by atoms with Gasteiger partial charge in [-0.1, -0.05) is 0 Å². The Morgan fingerprint density at radius 2 is 1.96 bits per heavy atom. The van der Waals surface area contributed by atoms with Gasteiger partial charge in [0.1, 0.15) is 17.7 Å². The summed E-state index contributed by atoms with van der Waals surface area (Å²) in [6, 6.07) is 9.30. The average molecular weight is 399 g/mol. The first-order valence-electron chi connectivity index (χ1n) is 8.67. The maximum absolute atomic E-state index is 12.4. The zero-order valence-corrected chi connectivity index (χ0v) is 16.0. The van der Waals surface area contributed by atoms with E-state index >= 15 is 0 Å². The van der Waals surface area contributed by atoms with Crippen molar-refractivity contribution in [3.63, 3.8) is 0 Å². The van der Waals surface area contributed by atoms with Gasteiger partial charge in [-0.15, -0.1) is 12.4 Å². The molecule has 0 aliphatic rings. The molecule has 0 saturated heterocycles. The van der Waals surface area contributed by atoms with Crippen LogP contribution in [0.5, 0.6) is 5.75 Å². The number of pyridine rings is 1. The van der Waals surface area contributed by atoms with Crippen molar-refractivity contribution >= 4 is 23.3 Å². The number of benzene rings is 1. The third kappa shape index (κ3) is 4.37. The smallest absolute Gasteiger partial charge is 0.259 e. The summed E-state index contributed by atoms with van der Waals surface area (Å²) in [4.78, 5) is 27.8.